The molecule has 5 heteroatoms. The summed E-state index contributed by atoms with van der Waals surface area (Å²) < 4.78 is 13.4. The molecule has 0 amide bonds. The second-order valence-corrected chi connectivity index (χ2v) is 8.27. The Hall–Kier alpha value is -2.11. The van der Waals surface area contributed by atoms with Crippen molar-refractivity contribution < 1.29 is 9.47 Å². The van der Waals surface area contributed by atoms with Gasteiger partial charge in [-0.2, -0.15) is 0 Å². The highest BCUT2D eigenvalue weighted by Crippen LogP contribution is 2.37. The standard InChI is InChI=1S/C23H21Br2NO2/c1-15-4-5-16(2)21(10-15)26-13-18-11-20(25)23(22(12-18)27-3)28-14-17-6-8-19(24)9-7-17/h4-13H,14H2,1-3H3. The highest BCUT2D eigenvalue weighted by Gasteiger charge is 2.11. The summed E-state index contributed by atoms with van der Waals surface area (Å²) in [5, 5.41) is 0. The molecule has 0 spiro atoms. The van der Waals surface area contributed by atoms with Crippen LogP contribution >= 0.6 is 31.9 Å². The predicted octanol–water partition coefficient (Wildman–Crippen LogP) is 7.17. The van der Waals surface area contributed by atoms with Gasteiger partial charge in [-0.3, -0.25) is 4.99 Å². The Bertz CT molecular complexity index is 998. The van der Waals surface area contributed by atoms with Crippen molar-refractivity contribution in [2.24, 2.45) is 4.99 Å². The number of ether oxygens (including phenoxy) is 2. The van der Waals surface area contributed by atoms with Crippen LogP contribution < -0.4 is 9.47 Å². The van der Waals surface area contributed by atoms with Crippen LogP contribution in [0.25, 0.3) is 0 Å². The van der Waals surface area contributed by atoms with Gasteiger partial charge in [-0.1, -0.05) is 40.2 Å². The quantitative estimate of drug-likeness (QED) is 0.334. The van der Waals surface area contributed by atoms with Crippen LogP contribution in [0.3, 0.4) is 0 Å². The average molecular weight is 503 g/mol. The van der Waals surface area contributed by atoms with Crippen LogP contribution in [-0.2, 0) is 6.61 Å². The van der Waals surface area contributed by atoms with Crippen molar-refractivity contribution in [2.45, 2.75) is 20.5 Å². The summed E-state index contributed by atoms with van der Waals surface area (Å²) in [6, 6.07) is 18.2. The molecular weight excluding hydrogens is 482 g/mol. The number of benzene rings is 3. The van der Waals surface area contributed by atoms with E-state index in [1.165, 1.54) is 5.56 Å². The van der Waals surface area contributed by atoms with Gasteiger partial charge in [-0.05, 0) is 82.4 Å². The normalized spacial score (nSPS) is 11.0. The molecule has 0 atom stereocenters. The fourth-order valence-electron chi connectivity index (χ4n) is 2.69. The van der Waals surface area contributed by atoms with Crippen LogP contribution in [0.15, 0.2) is 68.5 Å². The molecule has 0 N–H and O–H groups in total. The number of halogens is 2. The van der Waals surface area contributed by atoms with Crippen molar-refractivity contribution in [3.63, 3.8) is 0 Å². The van der Waals surface area contributed by atoms with Gasteiger partial charge in [0.2, 0.25) is 0 Å². The van der Waals surface area contributed by atoms with Gasteiger partial charge < -0.3 is 9.47 Å². The lowest BCUT2D eigenvalue weighted by molar-refractivity contribution is 0.282. The molecule has 0 radical (unpaired) electrons. The number of aliphatic imine (C=N–C) groups is 1. The minimum absolute atomic E-state index is 0.457. The molecule has 0 bridgehead atoms. The second kappa shape index (κ2) is 9.39. The van der Waals surface area contributed by atoms with E-state index in [1.807, 2.05) is 42.6 Å². The van der Waals surface area contributed by atoms with E-state index < -0.39 is 0 Å². The van der Waals surface area contributed by atoms with E-state index in [9.17, 15) is 0 Å². The number of nitrogens with zero attached hydrogens (tertiary/aromatic N) is 1. The summed E-state index contributed by atoms with van der Waals surface area (Å²) in [4.78, 5) is 4.64. The monoisotopic (exact) mass is 501 g/mol. The van der Waals surface area contributed by atoms with Crippen LogP contribution in [0, 0.1) is 13.8 Å². The van der Waals surface area contributed by atoms with Crippen LogP contribution in [0.2, 0.25) is 0 Å². The molecule has 0 saturated heterocycles. The molecule has 0 fully saturated rings. The number of hydrogen-bond donors (Lipinski definition) is 0. The van der Waals surface area contributed by atoms with Gasteiger partial charge in [0.05, 0.1) is 17.3 Å². The minimum Gasteiger partial charge on any atom is -0.493 e. The van der Waals surface area contributed by atoms with Crippen molar-refractivity contribution in [3.05, 3.63) is 85.8 Å². The molecule has 0 unspecified atom stereocenters. The molecule has 144 valence electrons. The molecule has 0 heterocycles. The topological polar surface area (TPSA) is 30.8 Å². The molecule has 3 rings (SSSR count). The summed E-state index contributed by atoms with van der Waals surface area (Å²) in [5.74, 6) is 1.34. The Balaban J connectivity index is 1.81. The first-order valence-corrected chi connectivity index (χ1v) is 10.4. The molecule has 3 aromatic rings. The molecule has 0 saturated carbocycles. The maximum atomic E-state index is 6.01. The summed E-state index contributed by atoms with van der Waals surface area (Å²) in [7, 11) is 1.64. The van der Waals surface area contributed by atoms with Crippen molar-refractivity contribution in [1.82, 2.24) is 0 Å². The zero-order chi connectivity index (χ0) is 20.1. The number of rotatable bonds is 6. The van der Waals surface area contributed by atoms with E-state index >= 15 is 0 Å². The van der Waals surface area contributed by atoms with Crippen LogP contribution in [-0.4, -0.2) is 13.3 Å². The van der Waals surface area contributed by atoms with Crippen molar-refractivity contribution in [2.75, 3.05) is 7.11 Å². The van der Waals surface area contributed by atoms with Crippen LogP contribution in [0.1, 0.15) is 22.3 Å². The van der Waals surface area contributed by atoms with E-state index in [0.29, 0.717) is 18.1 Å². The Morgan fingerprint density at radius 2 is 1.71 bits per heavy atom. The fourth-order valence-corrected chi connectivity index (χ4v) is 3.53. The minimum atomic E-state index is 0.457. The molecule has 28 heavy (non-hydrogen) atoms. The van der Waals surface area contributed by atoms with Crippen molar-refractivity contribution >= 4 is 43.8 Å². The zero-order valence-corrected chi connectivity index (χ0v) is 19.2. The third kappa shape index (κ3) is 5.24. The average Bonchev–Trinajstić information content (AvgIpc) is 2.68. The first kappa shape index (κ1) is 20.6. The largest absolute Gasteiger partial charge is 0.493 e. The third-order valence-electron chi connectivity index (χ3n) is 4.27. The van der Waals surface area contributed by atoms with Gasteiger partial charge in [0.15, 0.2) is 11.5 Å². The highest BCUT2D eigenvalue weighted by molar-refractivity contribution is 9.10. The summed E-state index contributed by atoms with van der Waals surface area (Å²) in [6.45, 7) is 4.58. The van der Waals surface area contributed by atoms with Gasteiger partial charge in [-0.25, -0.2) is 0 Å². The highest BCUT2D eigenvalue weighted by atomic mass is 79.9. The van der Waals surface area contributed by atoms with Gasteiger partial charge in [0, 0.05) is 10.7 Å². The van der Waals surface area contributed by atoms with E-state index in [-0.39, 0.29) is 0 Å². The molecule has 0 aliphatic carbocycles. The van der Waals surface area contributed by atoms with E-state index in [0.717, 1.165) is 31.3 Å². The molecule has 0 aliphatic rings. The molecule has 0 aromatic heterocycles. The van der Waals surface area contributed by atoms with Gasteiger partial charge in [-0.15, -0.1) is 0 Å². The Kier molecular flexibility index (Phi) is 6.92. The fraction of sp³-hybridized carbons (Fsp3) is 0.174. The summed E-state index contributed by atoms with van der Waals surface area (Å²) in [5.41, 5.74) is 5.31. The van der Waals surface area contributed by atoms with Crippen LogP contribution in [0.5, 0.6) is 11.5 Å². The van der Waals surface area contributed by atoms with Crippen LogP contribution in [0.4, 0.5) is 5.69 Å². The second-order valence-electron chi connectivity index (χ2n) is 6.50. The maximum absolute atomic E-state index is 6.01. The van der Waals surface area contributed by atoms with E-state index in [1.54, 1.807) is 7.11 Å². The third-order valence-corrected chi connectivity index (χ3v) is 5.38. The first-order chi connectivity index (χ1) is 13.5. The maximum Gasteiger partial charge on any atom is 0.175 e. The Morgan fingerprint density at radius 1 is 0.964 bits per heavy atom. The number of methoxy groups -OCH3 is 1. The zero-order valence-electron chi connectivity index (χ0n) is 16.0. The lowest BCUT2D eigenvalue weighted by atomic mass is 10.1. The lowest BCUT2D eigenvalue weighted by Gasteiger charge is -2.13. The number of aryl methyl sites for hydroxylation is 2. The molecule has 3 aromatic carbocycles. The smallest absolute Gasteiger partial charge is 0.175 e. The predicted molar refractivity (Wildman–Crippen MR) is 122 cm³/mol. The lowest BCUT2D eigenvalue weighted by Crippen LogP contribution is -1.99. The Labute approximate surface area is 182 Å². The van der Waals surface area contributed by atoms with Gasteiger partial charge in [0.1, 0.15) is 6.61 Å². The molecular formula is C23H21Br2NO2. The summed E-state index contributed by atoms with van der Waals surface area (Å²) >= 11 is 7.05. The van der Waals surface area contributed by atoms with Gasteiger partial charge >= 0.3 is 0 Å². The van der Waals surface area contributed by atoms with E-state index in [4.69, 9.17) is 9.47 Å². The molecule has 3 nitrogen and oxygen atoms in total. The SMILES string of the molecule is COc1cc(C=Nc2cc(C)ccc2C)cc(Br)c1OCc1ccc(Br)cc1. The van der Waals surface area contributed by atoms with Crippen molar-refractivity contribution in [1.29, 1.82) is 0 Å². The van der Waals surface area contributed by atoms with Gasteiger partial charge in [0.25, 0.3) is 0 Å². The Morgan fingerprint density at radius 3 is 2.43 bits per heavy atom. The summed E-state index contributed by atoms with van der Waals surface area (Å²) in [6.07, 6.45) is 1.84. The molecule has 0 aliphatic heterocycles. The van der Waals surface area contributed by atoms with E-state index in [2.05, 4.69) is 68.9 Å². The first-order valence-electron chi connectivity index (χ1n) is 8.82. The van der Waals surface area contributed by atoms with Crippen molar-refractivity contribution in [3.8, 4) is 11.5 Å². The number of hydrogen-bond acceptors (Lipinski definition) is 3.